The van der Waals surface area contributed by atoms with Crippen molar-refractivity contribution in [1.29, 1.82) is 0 Å². The van der Waals surface area contributed by atoms with Crippen LogP contribution < -0.4 is 0 Å². The lowest BCUT2D eigenvalue weighted by atomic mass is 10.2. The highest BCUT2D eigenvalue weighted by Crippen LogP contribution is 2.21. The van der Waals surface area contributed by atoms with Gasteiger partial charge < -0.3 is 4.74 Å². The van der Waals surface area contributed by atoms with Gasteiger partial charge in [0.1, 0.15) is 0 Å². The maximum atomic E-state index is 5.98. The quantitative estimate of drug-likeness (QED) is 0.688. The van der Waals surface area contributed by atoms with E-state index in [-0.39, 0.29) is 0 Å². The van der Waals surface area contributed by atoms with Gasteiger partial charge in [0.2, 0.25) is 0 Å². The Morgan fingerprint density at radius 1 is 1.29 bits per heavy atom. The molecule has 0 aliphatic carbocycles. The Bertz CT molecular complexity index is 287. The van der Waals surface area contributed by atoms with E-state index in [1.807, 2.05) is 12.1 Å². The van der Waals surface area contributed by atoms with E-state index < -0.39 is 0 Å². The second-order valence-corrected chi connectivity index (χ2v) is 3.99. The highest BCUT2D eigenvalue weighted by Gasteiger charge is 2.00. The summed E-state index contributed by atoms with van der Waals surface area (Å²) in [6.07, 6.45) is 2.24. The SMILES string of the molecule is CCCCOCc1ccc(Cl)cc1Cl. The largest absolute Gasteiger partial charge is 0.377 e. The zero-order valence-corrected chi connectivity index (χ0v) is 9.74. The van der Waals surface area contributed by atoms with E-state index >= 15 is 0 Å². The predicted octanol–water partition coefficient (Wildman–Crippen LogP) is 4.31. The average Bonchev–Trinajstić information content (AvgIpc) is 2.15. The van der Waals surface area contributed by atoms with Gasteiger partial charge in [-0.15, -0.1) is 0 Å². The smallest absolute Gasteiger partial charge is 0.0731 e. The molecule has 0 bridgehead atoms. The normalized spacial score (nSPS) is 10.5. The van der Waals surface area contributed by atoms with E-state index in [0.717, 1.165) is 25.0 Å². The first-order valence-electron chi connectivity index (χ1n) is 4.75. The van der Waals surface area contributed by atoms with Crippen LogP contribution in [0.15, 0.2) is 18.2 Å². The highest BCUT2D eigenvalue weighted by molar-refractivity contribution is 6.35. The van der Waals surface area contributed by atoms with Crippen LogP contribution in [-0.4, -0.2) is 6.61 Å². The number of benzene rings is 1. The molecule has 1 nitrogen and oxygen atoms in total. The van der Waals surface area contributed by atoms with Crippen LogP contribution in [0.5, 0.6) is 0 Å². The van der Waals surface area contributed by atoms with Gasteiger partial charge in [-0.25, -0.2) is 0 Å². The molecule has 0 saturated carbocycles. The molecule has 0 N–H and O–H groups in total. The zero-order valence-electron chi connectivity index (χ0n) is 8.22. The second kappa shape index (κ2) is 6.28. The zero-order chi connectivity index (χ0) is 10.4. The molecule has 0 aliphatic rings. The fraction of sp³-hybridized carbons (Fsp3) is 0.455. The van der Waals surface area contributed by atoms with Crippen molar-refractivity contribution in [1.82, 2.24) is 0 Å². The summed E-state index contributed by atoms with van der Waals surface area (Å²) in [5, 5.41) is 1.33. The number of unbranched alkanes of at least 4 members (excludes halogenated alkanes) is 1. The molecule has 0 fully saturated rings. The van der Waals surface area contributed by atoms with Gasteiger partial charge in [-0.05, 0) is 24.1 Å². The van der Waals surface area contributed by atoms with E-state index in [2.05, 4.69) is 6.92 Å². The predicted molar refractivity (Wildman–Crippen MR) is 61.0 cm³/mol. The van der Waals surface area contributed by atoms with Crippen molar-refractivity contribution in [3.63, 3.8) is 0 Å². The summed E-state index contributed by atoms with van der Waals surface area (Å²) in [7, 11) is 0. The fourth-order valence-corrected chi connectivity index (χ4v) is 1.53. The molecular weight excluding hydrogens is 219 g/mol. The second-order valence-electron chi connectivity index (χ2n) is 3.14. The minimum Gasteiger partial charge on any atom is -0.377 e. The summed E-state index contributed by atoms with van der Waals surface area (Å²) in [6, 6.07) is 5.46. The van der Waals surface area contributed by atoms with Gasteiger partial charge in [-0.1, -0.05) is 42.6 Å². The van der Waals surface area contributed by atoms with Crippen LogP contribution in [-0.2, 0) is 11.3 Å². The van der Waals surface area contributed by atoms with Gasteiger partial charge in [0.15, 0.2) is 0 Å². The highest BCUT2D eigenvalue weighted by atomic mass is 35.5. The summed E-state index contributed by atoms with van der Waals surface area (Å²) in [5.41, 5.74) is 0.993. The molecule has 0 unspecified atom stereocenters. The van der Waals surface area contributed by atoms with Crippen LogP contribution in [0.2, 0.25) is 10.0 Å². The standard InChI is InChI=1S/C11H14Cl2O/c1-2-3-6-14-8-9-4-5-10(12)7-11(9)13/h4-5,7H,2-3,6,8H2,1H3. The first-order chi connectivity index (χ1) is 6.74. The summed E-state index contributed by atoms with van der Waals surface area (Å²) >= 11 is 11.8. The third kappa shape index (κ3) is 3.87. The van der Waals surface area contributed by atoms with E-state index in [4.69, 9.17) is 27.9 Å². The van der Waals surface area contributed by atoms with Gasteiger partial charge in [-0.3, -0.25) is 0 Å². The summed E-state index contributed by atoms with van der Waals surface area (Å²) in [4.78, 5) is 0. The summed E-state index contributed by atoms with van der Waals surface area (Å²) in [6.45, 7) is 3.49. The van der Waals surface area contributed by atoms with Crippen molar-refractivity contribution in [2.24, 2.45) is 0 Å². The van der Waals surface area contributed by atoms with E-state index in [1.165, 1.54) is 0 Å². The molecule has 3 heteroatoms. The molecule has 0 saturated heterocycles. The van der Waals surface area contributed by atoms with Crippen LogP contribution >= 0.6 is 23.2 Å². The first-order valence-corrected chi connectivity index (χ1v) is 5.51. The summed E-state index contributed by atoms with van der Waals surface area (Å²) in [5.74, 6) is 0. The van der Waals surface area contributed by atoms with Crippen molar-refractivity contribution in [2.75, 3.05) is 6.61 Å². The van der Waals surface area contributed by atoms with E-state index in [1.54, 1.807) is 6.07 Å². The lowest BCUT2D eigenvalue weighted by Crippen LogP contribution is -1.95. The Morgan fingerprint density at radius 3 is 2.71 bits per heavy atom. The van der Waals surface area contributed by atoms with Gasteiger partial charge in [0.05, 0.1) is 6.61 Å². The molecule has 0 aliphatic heterocycles. The monoisotopic (exact) mass is 232 g/mol. The number of halogens is 2. The van der Waals surface area contributed by atoms with Crippen LogP contribution in [0.4, 0.5) is 0 Å². The molecule has 1 rings (SSSR count). The van der Waals surface area contributed by atoms with E-state index in [0.29, 0.717) is 16.7 Å². The van der Waals surface area contributed by atoms with Crippen molar-refractivity contribution in [3.05, 3.63) is 33.8 Å². The molecule has 0 atom stereocenters. The molecule has 0 aromatic heterocycles. The number of rotatable bonds is 5. The maximum Gasteiger partial charge on any atom is 0.0731 e. The average molecular weight is 233 g/mol. The van der Waals surface area contributed by atoms with Crippen LogP contribution in [0, 0.1) is 0 Å². The van der Waals surface area contributed by atoms with Gasteiger partial charge in [0, 0.05) is 16.7 Å². The van der Waals surface area contributed by atoms with Gasteiger partial charge >= 0.3 is 0 Å². The lowest BCUT2D eigenvalue weighted by molar-refractivity contribution is 0.118. The molecular formula is C11H14Cl2O. The molecule has 0 heterocycles. The van der Waals surface area contributed by atoms with Crippen molar-refractivity contribution < 1.29 is 4.74 Å². The molecule has 0 spiro atoms. The topological polar surface area (TPSA) is 9.23 Å². The molecule has 1 aromatic carbocycles. The Balaban J connectivity index is 2.42. The molecule has 14 heavy (non-hydrogen) atoms. The number of ether oxygens (including phenoxy) is 1. The Kier molecular flexibility index (Phi) is 5.31. The Labute approximate surface area is 95.0 Å². The number of hydrogen-bond donors (Lipinski definition) is 0. The Morgan fingerprint density at radius 2 is 2.07 bits per heavy atom. The third-order valence-electron chi connectivity index (χ3n) is 1.91. The third-order valence-corrected chi connectivity index (χ3v) is 2.50. The molecule has 0 amide bonds. The molecule has 0 radical (unpaired) electrons. The number of hydrogen-bond acceptors (Lipinski definition) is 1. The minimum absolute atomic E-state index is 0.565. The molecule has 78 valence electrons. The van der Waals surface area contributed by atoms with Crippen LogP contribution in [0.1, 0.15) is 25.3 Å². The van der Waals surface area contributed by atoms with Crippen molar-refractivity contribution in [2.45, 2.75) is 26.4 Å². The molecule has 1 aromatic rings. The fourth-order valence-electron chi connectivity index (χ4n) is 1.07. The van der Waals surface area contributed by atoms with Crippen LogP contribution in [0.25, 0.3) is 0 Å². The Hall–Kier alpha value is -0.240. The maximum absolute atomic E-state index is 5.98. The van der Waals surface area contributed by atoms with Gasteiger partial charge in [0.25, 0.3) is 0 Å². The van der Waals surface area contributed by atoms with E-state index in [9.17, 15) is 0 Å². The minimum atomic E-state index is 0.565. The lowest BCUT2D eigenvalue weighted by Gasteiger charge is -2.05. The van der Waals surface area contributed by atoms with Gasteiger partial charge in [-0.2, -0.15) is 0 Å². The summed E-state index contributed by atoms with van der Waals surface area (Å²) < 4.78 is 5.45. The van der Waals surface area contributed by atoms with Crippen molar-refractivity contribution >= 4 is 23.2 Å². The first kappa shape index (κ1) is 11.8. The van der Waals surface area contributed by atoms with Crippen LogP contribution in [0.3, 0.4) is 0 Å². The van der Waals surface area contributed by atoms with Crippen molar-refractivity contribution in [3.8, 4) is 0 Å².